The van der Waals surface area contributed by atoms with Gasteiger partial charge in [-0.1, -0.05) is 61.3 Å². The minimum absolute atomic E-state index is 0.105. The number of halogens is 1. The van der Waals surface area contributed by atoms with Crippen LogP contribution in [0, 0.1) is 13.8 Å². The summed E-state index contributed by atoms with van der Waals surface area (Å²) in [6.07, 6.45) is 2.48. The number of nitrogens with zero attached hydrogens (tertiary/aromatic N) is 4. The van der Waals surface area contributed by atoms with Gasteiger partial charge in [-0.15, -0.1) is 0 Å². The van der Waals surface area contributed by atoms with Gasteiger partial charge in [-0.05, 0) is 68.4 Å². The Morgan fingerprint density at radius 3 is 2.47 bits per heavy atom. The summed E-state index contributed by atoms with van der Waals surface area (Å²) >= 11 is 7.73. The van der Waals surface area contributed by atoms with Crippen molar-refractivity contribution in [3.8, 4) is 11.1 Å². The maximum Gasteiger partial charge on any atom is 0.358 e. The lowest BCUT2D eigenvalue weighted by Crippen LogP contribution is -2.35. The molecule has 0 saturated carbocycles. The van der Waals surface area contributed by atoms with Gasteiger partial charge in [0.1, 0.15) is 12.6 Å². The number of aromatic nitrogens is 3. The second-order valence-electron chi connectivity index (χ2n) is 11.3. The lowest BCUT2D eigenvalue weighted by Gasteiger charge is -2.25. The number of carbonyl (C=O) groups excluding carboxylic acids is 1. The topological polar surface area (TPSA) is 122 Å². The summed E-state index contributed by atoms with van der Waals surface area (Å²) in [5, 5.41) is 0.108. The summed E-state index contributed by atoms with van der Waals surface area (Å²) < 4.78 is 58.7. The van der Waals surface area contributed by atoms with E-state index in [1.54, 1.807) is 32.2 Å². The van der Waals surface area contributed by atoms with E-state index in [2.05, 4.69) is 16.3 Å². The van der Waals surface area contributed by atoms with Crippen molar-refractivity contribution in [2.75, 3.05) is 44.6 Å². The zero-order valence-electron chi connectivity index (χ0n) is 29.0. The molecule has 4 aromatic rings. The smallest absolute Gasteiger partial charge is 0.358 e. The fourth-order valence-corrected chi connectivity index (χ4v) is 7.86. The number of unbranched alkanes of at least 4 members (excludes halogenated alkanes) is 1. The molecule has 4 rings (SSSR count). The molecule has 0 fully saturated rings. The molecule has 14 heteroatoms. The number of benzene rings is 2. The average molecular weight is 733 g/mol. The van der Waals surface area contributed by atoms with Crippen LogP contribution in [-0.2, 0) is 48.5 Å². The molecule has 0 saturated heterocycles. The molecule has 0 spiro atoms. The number of aryl methyl sites for hydroxylation is 2. The van der Waals surface area contributed by atoms with Gasteiger partial charge in [0.2, 0.25) is 0 Å². The molecule has 0 aliphatic carbocycles. The monoisotopic (exact) mass is 732 g/mol. The van der Waals surface area contributed by atoms with Crippen molar-refractivity contribution in [3.05, 3.63) is 80.7 Å². The van der Waals surface area contributed by atoms with E-state index in [9.17, 15) is 13.2 Å². The maximum absolute atomic E-state index is 14.5. The van der Waals surface area contributed by atoms with Gasteiger partial charge >= 0.3 is 5.97 Å². The van der Waals surface area contributed by atoms with E-state index < -0.39 is 16.0 Å². The number of esters is 1. The Bertz CT molecular complexity index is 1820. The van der Waals surface area contributed by atoms with Crippen LogP contribution in [0.2, 0.25) is 5.15 Å². The quantitative estimate of drug-likeness (QED) is 0.0560. The van der Waals surface area contributed by atoms with Crippen LogP contribution in [0.3, 0.4) is 0 Å². The van der Waals surface area contributed by atoms with Crippen LogP contribution in [0.15, 0.2) is 47.4 Å². The molecule has 11 nitrogen and oxygen atoms in total. The molecular weight excluding hydrogens is 688 g/mol. The molecule has 0 radical (unpaired) electrons. The Hall–Kier alpha value is -3.33. The number of anilines is 1. The standard InChI is InChI=1S/C35H45ClN4O7S2/c1-7-10-15-31-37-33(36)32(35(41)47-9-3)39(31)21-26-16-17-28(27(20-26)22-45-8-2)29-13-11-12-14-30(29)49(42,43)40(23-46-19-18-44-6)34-24(4)25(5)48-38-34/h11-14,16-17,20H,7-10,15,18-19,21-23H2,1-6H3. The molecule has 0 atom stereocenters. The normalized spacial score (nSPS) is 11.7. The van der Waals surface area contributed by atoms with E-state index in [1.807, 2.05) is 49.6 Å². The third kappa shape index (κ3) is 9.07. The molecule has 2 aromatic carbocycles. The van der Waals surface area contributed by atoms with Crippen molar-refractivity contribution < 1.29 is 32.2 Å². The highest BCUT2D eigenvalue weighted by Gasteiger charge is 2.32. The van der Waals surface area contributed by atoms with Crippen LogP contribution in [0.25, 0.3) is 11.1 Å². The highest BCUT2D eigenvalue weighted by molar-refractivity contribution is 7.93. The number of hydrogen-bond acceptors (Lipinski definition) is 10. The van der Waals surface area contributed by atoms with Gasteiger partial charge in [0.15, 0.2) is 16.7 Å². The molecular formula is C35H45ClN4O7S2. The number of carbonyl (C=O) groups is 1. The van der Waals surface area contributed by atoms with Gasteiger partial charge in [-0.2, -0.15) is 4.37 Å². The second kappa shape index (κ2) is 18.1. The van der Waals surface area contributed by atoms with Crippen molar-refractivity contribution in [1.29, 1.82) is 0 Å². The number of rotatable bonds is 19. The summed E-state index contributed by atoms with van der Waals surface area (Å²) in [5.74, 6) is 0.492. The largest absolute Gasteiger partial charge is 0.461 e. The highest BCUT2D eigenvalue weighted by Crippen LogP contribution is 2.36. The van der Waals surface area contributed by atoms with Gasteiger partial charge in [0, 0.05) is 42.7 Å². The predicted molar refractivity (Wildman–Crippen MR) is 192 cm³/mol. The van der Waals surface area contributed by atoms with Crippen molar-refractivity contribution in [2.45, 2.75) is 71.9 Å². The number of methoxy groups -OCH3 is 1. The van der Waals surface area contributed by atoms with Crippen LogP contribution < -0.4 is 4.31 Å². The number of ether oxygens (including phenoxy) is 4. The molecule has 0 aliphatic rings. The third-order valence-electron chi connectivity index (χ3n) is 7.95. The lowest BCUT2D eigenvalue weighted by atomic mass is 9.97. The first kappa shape index (κ1) is 38.5. The Morgan fingerprint density at radius 1 is 1.02 bits per heavy atom. The first-order chi connectivity index (χ1) is 23.6. The van der Waals surface area contributed by atoms with E-state index in [4.69, 9.17) is 30.5 Å². The van der Waals surface area contributed by atoms with E-state index in [0.717, 1.165) is 34.4 Å². The molecule has 266 valence electrons. The lowest BCUT2D eigenvalue weighted by molar-refractivity contribution is 0.0514. The molecule has 49 heavy (non-hydrogen) atoms. The van der Waals surface area contributed by atoms with Gasteiger partial charge < -0.3 is 23.5 Å². The molecule has 0 aliphatic heterocycles. The SMILES string of the molecule is CCCCc1nc(Cl)c(C(=O)OCC)n1Cc1ccc(-c2ccccc2S(=O)(=O)N(COCCOC)c2nsc(C)c2C)c(COCC)c1. The van der Waals surface area contributed by atoms with Gasteiger partial charge in [0.05, 0.1) is 31.3 Å². The first-order valence-corrected chi connectivity index (χ1v) is 18.9. The van der Waals surface area contributed by atoms with Gasteiger partial charge in [0.25, 0.3) is 10.0 Å². The van der Waals surface area contributed by atoms with E-state index in [1.165, 1.54) is 15.8 Å². The fraction of sp³-hybridized carbons (Fsp3) is 0.457. The number of hydrogen-bond donors (Lipinski definition) is 0. The van der Waals surface area contributed by atoms with Gasteiger partial charge in [-0.25, -0.2) is 22.5 Å². The average Bonchev–Trinajstić information content (AvgIpc) is 3.58. The van der Waals surface area contributed by atoms with Crippen molar-refractivity contribution in [1.82, 2.24) is 13.9 Å². The molecule has 0 N–H and O–H groups in total. The van der Waals surface area contributed by atoms with Crippen LogP contribution >= 0.6 is 23.1 Å². The fourth-order valence-electron chi connectivity index (χ4n) is 5.28. The summed E-state index contributed by atoms with van der Waals surface area (Å²) in [6.45, 7) is 11.0. The zero-order chi connectivity index (χ0) is 35.6. The predicted octanol–water partition coefficient (Wildman–Crippen LogP) is 7.20. The molecule has 0 bridgehead atoms. The molecule has 2 aromatic heterocycles. The molecule has 0 amide bonds. The van der Waals surface area contributed by atoms with Gasteiger partial charge in [-0.3, -0.25) is 0 Å². The minimum Gasteiger partial charge on any atom is -0.461 e. The van der Waals surface area contributed by atoms with E-state index in [0.29, 0.717) is 48.9 Å². The third-order valence-corrected chi connectivity index (χ3v) is 10.8. The summed E-state index contributed by atoms with van der Waals surface area (Å²) in [5.41, 5.74) is 3.83. The molecule has 2 heterocycles. The van der Waals surface area contributed by atoms with Crippen LogP contribution in [0.1, 0.15) is 71.5 Å². The van der Waals surface area contributed by atoms with Crippen molar-refractivity contribution in [3.63, 3.8) is 0 Å². The Labute approximate surface area is 298 Å². The Kier molecular flexibility index (Phi) is 14.2. The highest BCUT2D eigenvalue weighted by atomic mass is 35.5. The Balaban J connectivity index is 1.81. The van der Waals surface area contributed by atoms with E-state index >= 15 is 0 Å². The summed E-state index contributed by atoms with van der Waals surface area (Å²) in [6, 6.07) is 12.7. The number of sulfonamides is 1. The summed E-state index contributed by atoms with van der Waals surface area (Å²) in [4.78, 5) is 18.5. The number of imidazole rings is 1. The van der Waals surface area contributed by atoms with Crippen molar-refractivity contribution in [2.24, 2.45) is 0 Å². The first-order valence-electron chi connectivity index (χ1n) is 16.3. The minimum atomic E-state index is -4.17. The van der Waals surface area contributed by atoms with Crippen molar-refractivity contribution >= 4 is 44.9 Å². The molecule has 0 unspecified atom stereocenters. The zero-order valence-corrected chi connectivity index (χ0v) is 31.3. The van der Waals surface area contributed by atoms with E-state index in [-0.39, 0.29) is 42.3 Å². The van der Waals surface area contributed by atoms with Crippen LogP contribution in [0.5, 0.6) is 0 Å². The maximum atomic E-state index is 14.5. The summed E-state index contributed by atoms with van der Waals surface area (Å²) in [7, 11) is -2.61. The van der Waals surface area contributed by atoms with Crippen LogP contribution in [0.4, 0.5) is 5.82 Å². The second-order valence-corrected chi connectivity index (χ2v) is 14.4. The van der Waals surface area contributed by atoms with Crippen LogP contribution in [-0.4, -0.2) is 68.6 Å². The Morgan fingerprint density at radius 2 is 1.80 bits per heavy atom.